The maximum Gasteiger partial charge on any atom is 0.266 e. The maximum atomic E-state index is 15.3. The summed E-state index contributed by atoms with van der Waals surface area (Å²) in [6, 6.07) is 8.00. The number of amides is 1. The summed E-state index contributed by atoms with van der Waals surface area (Å²) in [5.74, 6) is -0.889. The number of halogens is 1. The summed E-state index contributed by atoms with van der Waals surface area (Å²) in [6.07, 6.45) is 0. The van der Waals surface area contributed by atoms with E-state index in [1.54, 1.807) is 23.6 Å². The SMILES string of the molecule is Cc1csc(Nc2cccc(C(C)(F)C(=O)Nc3ccsc3NS(=O)O)c2)n1. The third-order valence-corrected chi connectivity index (χ3v) is 6.01. The lowest BCUT2D eigenvalue weighted by Crippen LogP contribution is -2.33. The number of thiophene rings is 1. The van der Waals surface area contributed by atoms with Crippen molar-refractivity contribution in [3.05, 3.63) is 52.3 Å². The zero-order valence-electron chi connectivity index (χ0n) is 14.9. The van der Waals surface area contributed by atoms with E-state index in [0.717, 1.165) is 17.0 Å². The molecule has 1 aromatic carbocycles. The van der Waals surface area contributed by atoms with E-state index in [1.165, 1.54) is 30.4 Å². The van der Waals surface area contributed by atoms with Gasteiger partial charge in [-0.05, 0) is 37.4 Å². The number of carbonyl (C=O) groups is 1. The van der Waals surface area contributed by atoms with Crippen LogP contribution in [0.4, 0.5) is 25.9 Å². The molecule has 0 bridgehead atoms. The fraction of sp³-hybridized carbons (Fsp3) is 0.176. The zero-order chi connectivity index (χ0) is 20.3. The number of nitrogens with zero attached hydrogens (tertiary/aromatic N) is 1. The van der Waals surface area contributed by atoms with Gasteiger partial charge in [0, 0.05) is 16.6 Å². The predicted molar refractivity (Wildman–Crippen MR) is 112 cm³/mol. The molecule has 2 heterocycles. The topological polar surface area (TPSA) is 103 Å². The van der Waals surface area contributed by atoms with Crippen LogP contribution >= 0.6 is 22.7 Å². The van der Waals surface area contributed by atoms with E-state index in [-0.39, 0.29) is 16.3 Å². The number of thiazole rings is 1. The minimum atomic E-state index is -2.33. The zero-order valence-corrected chi connectivity index (χ0v) is 17.3. The molecular weight excluding hydrogens is 423 g/mol. The minimum Gasteiger partial charge on any atom is -0.332 e. The van der Waals surface area contributed by atoms with Crippen LogP contribution < -0.4 is 15.4 Å². The molecule has 11 heteroatoms. The molecule has 3 aromatic rings. The Morgan fingerprint density at radius 3 is 2.79 bits per heavy atom. The van der Waals surface area contributed by atoms with Crippen molar-refractivity contribution in [2.24, 2.45) is 0 Å². The first kappa shape index (κ1) is 20.4. The van der Waals surface area contributed by atoms with E-state index in [9.17, 15) is 9.00 Å². The smallest absolute Gasteiger partial charge is 0.266 e. The number of rotatable bonds is 7. The van der Waals surface area contributed by atoms with Crippen molar-refractivity contribution >= 4 is 61.4 Å². The van der Waals surface area contributed by atoms with Gasteiger partial charge in [-0.15, -0.1) is 22.7 Å². The standard InChI is InChI=1S/C17H17FN4O3S3/c1-10-9-27-16(19-10)20-12-5-3-4-11(8-12)17(2,18)15(23)21-13-6-7-26-14(13)22-28(24)25/h3-9,22H,1-2H3,(H,19,20)(H,21,23)(H,24,25). The van der Waals surface area contributed by atoms with Gasteiger partial charge in [0.05, 0.1) is 11.4 Å². The van der Waals surface area contributed by atoms with Crippen LogP contribution in [0.25, 0.3) is 0 Å². The van der Waals surface area contributed by atoms with Crippen molar-refractivity contribution in [2.45, 2.75) is 19.5 Å². The molecule has 0 aliphatic carbocycles. The third-order valence-electron chi connectivity index (χ3n) is 3.79. The number of aromatic nitrogens is 1. The second-order valence-corrected chi connectivity index (χ2v) is 8.45. The van der Waals surface area contributed by atoms with Crippen molar-refractivity contribution < 1.29 is 17.9 Å². The molecule has 3 rings (SSSR count). The van der Waals surface area contributed by atoms with E-state index in [4.69, 9.17) is 4.55 Å². The highest BCUT2D eigenvalue weighted by molar-refractivity contribution is 7.80. The Morgan fingerprint density at radius 2 is 2.11 bits per heavy atom. The second kappa shape index (κ2) is 8.35. The average molecular weight is 441 g/mol. The highest BCUT2D eigenvalue weighted by atomic mass is 32.2. The molecule has 2 aromatic heterocycles. The Balaban J connectivity index is 1.78. The molecule has 1 amide bonds. The normalized spacial score (nSPS) is 14.1. The van der Waals surface area contributed by atoms with Crippen molar-refractivity contribution in [1.29, 1.82) is 0 Å². The first-order chi connectivity index (χ1) is 13.3. The van der Waals surface area contributed by atoms with E-state index in [1.807, 2.05) is 12.3 Å². The van der Waals surface area contributed by atoms with Gasteiger partial charge in [0.2, 0.25) is 5.67 Å². The Morgan fingerprint density at radius 1 is 1.32 bits per heavy atom. The van der Waals surface area contributed by atoms with Gasteiger partial charge >= 0.3 is 0 Å². The van der Waals surface area contributed by atoms with Gasteiger partial charge in [0.1, 0.15) is 5.00 Å². The van der Waals surface area contributed by atoms with Crippen molar-refractivity contribution in [2.75, 3.05) is 15.4 Å². The van der Waals surface area contributed by atoms with Gasteiger partial charge in [-0.1, -0.05) is 12.1 Å². The molecule has 2 unspecified atom stereocenters. The molecule has 148 valence electrons. The number of hydrogen-bond acceptors (Lipinski definition) is 6. The second-order valence-electron chi connectivity index (χ2n) is 5.97. The fourth-order valence-electron chi connectivity index (χ4n) is 2.36. The fourth-order valence-corrected chi connectivity index (χ4v) is 4.33. The summed E-state index contributed by atoms with van der Waals surface area (Å²) in [4.78, 5) is 16.9. The van der Waals surface area contributed by atoms with E-state index >= 15 is 4.39 Å². The molecular formula is C17H17FN4O3S3. The average Bonchev–Trinajstić information content (AvgIpc) is 3.23. The van der Waals surface area contributed by atoms with Crippen LogP contribution in [0.1, 0.15) is 18.2 Å². The number of aryl methyl sites for hydroxylation is 1. The maximum absolute atomic E-state index is 15.3. The van der Waals surface area contributed by atoms with Gasteiger partial charge in [-0.2, -0.15) is 0 Å². The Bertz CT molecular complexity index is 1020. The van der Waals surface area contributed by atoms with Crippen LogP contribution in [-0.2, 0) is 21.7 Å². The monoisotopic (exact) mass is 440 g/mol. The lowest BCUT2D eigenvalue weighted by Gasteiger charge is -2.21. The van der Waals surface area contributed by atoms with Gasteiger partial charge < -0.3 is 10.6 Å². The molecule has 0 aliphatic heterocycles. The first-order valence-electron chi connectivity index (χ1n) is 8.01. The molecule has 0 spiro atoms. The number of benzene rings is 1. The Kier molecular flexibility index (Phi) is 6.08. The number of hydrogen-bond donors (Lipinski definition) is 4. The lowest BCUT2D eigenvalue weighted by molar-refractivity contribution is -0.126. The summed E-state index contributed by atoms with van der Waals surface area (Å²) in [5.41, 5.74) is -0.444. The number of carbonyl (C=O) groups excluding carboxylic acids is 1. The highest BCUT2D eigenvalue weighted by Crippen LogP contribution is 2.34. The first-order valence-corrected chi connectivity index (χ1v) is 10.9. The quantitative estimate of drug-likeness (QED) is 0.401. The molecule has 4 N–H and O–H groups in total. The summed E-state index contributed by atoms with van der Waals surface area (Å²) >= 11 is 0.246. The summed E-state index contributed by atoms with van der Waals surface area (Å²) in [7, 11) is 0. The number of alkyl halides is 1. The largest absolute Gasteiger partial charge is 0.332 e. The summed E-state index contributed by atoms with van der Waals surface area (Å²) in [6.45, 7) is 3.04. The molecule has 0 aliphatic rings. The van der Waals surface area contributed by atoms with E-state index in [2.05, 4.69) is 20.3 Å². The molecule has 0 fully saturated rings. The number of anilines is 4. The van der Waals surface area contributed by atoms with Crippen LogP contribution in [0.2, 0.25) is 0 Å². The highest BCUT2D eigenvalue weighted by Gasteiger charge is 2.36. The van der Waals surface area contributed by atoms with Crippen LogP contribution in [0.5, 0.6) is 0 Å². The lowest BCUT2D eigenvalue weighted by atomic mass is 9.96. The molecule has 0 radical (unpaired) electrons. The van der Waals surface area contributed by atoms with Gasteiger partial charge in [0.25, 0.3) is 17.2 Å². The van der Waals surface area contributed by atoms with Crippen LogP contribution in [0.15, 0.2) is 41.1 Å². The van der Waals surface area contributed by atoms with Crippen molar-refractivity contribution in [3.63, 3.8) is 0 Å². The van der Waals surface area contributed by atoms with E-state index in [0.29, 0.717) is 10.8 Å². The summed E-state index contributed by atoms with van der Waals surface area (Å²) < 4.78 is 37.5. The third kappa shape index (κ3) is 4.73. The Hall–Kier alpha value is -2.34. The van der Waals surface area contributed by atoms with Crippen LogP contribution in [0, 0.1) is 6.92 Å². The van der Waals surface area contributed by atoms with Crippen molar-refractivity contribution in [1.82, 2.24) is 4.98 Å². The number of nitrogens with one attached hydrogen (secondary N) is 3. The molecule has 7 nitrogen and oxygen atoms in total. The predicted octanol–water partition coefficient (Wildman–Crippen LogP) is 4.63. The Labute approximate surface area is 171 Å². The van der Waals surface area contributed by atoms with E-state index < -0.39 is 22.8 Å². The van der Waals surface area contributed by atoms with Crippen molar-refractivity contribution in [3.8, 4) is 0 Å². The van der Waals surface area contributed by atoms with Crippen LogP contribution in [-0.4, -0.2) is 19.7 Å². The molecule has 0 saturated heterocycles. The molecule has 0 saturated carbocycles. The minimum absolute atomic E-state index is 0.166. The van der Waals surface area contributed by atoms with Crippen LogP contribution in [0.3, 0.4) is 0 Å². The van der Waals surface area contributed by atoms with Gasteiger partial charge in [0.15, 0.2) is 5.13 Å². The molecule has 28 heavy (non-hydrogen) atoms. The molecule has 2 atom stereocenters. The van der Waals surface area contributed by atoms with Gasteiger partial charge in [-0.25, -0.2) is 13.6 Å². The van der Waals surface area contributed by atoms with Gasteiger partial charge in [-0.3, -0.25) is 14.1 Å². The summed E-state index contributed by atoms with van der Waals surface area (Å²) in [5, 5.41) is 10.00.